The van der Waals surface area contributed by atoms with E-state index in [2.05, 4.69) is 34.3 Å². The van der Waals surface area contributed by atoms with Gasteiger partial charge in [0.2, 0.25) is 5.13 Å². The molecule has 5 heteroatoms. The van der Waals surface area contributed by atoms with Crippen LogP contribution in [0, 0.1) is 5.92 Å². The van der Waals surface area contributed by atoms with Crippen LogP contribution in [0.3, 0.4) is 0 Å². The molecule has 1 aliphatic rings. The molecule has 1 aliphatic heterocycles. The molecule has 1 fully saturated rings. The summed E-state index contributed by atoms with van der Waals surface area (Å²) in [5.74, 6) is 0.813. The Kier molecular flexibility index (Phi) is 3.76. The van der Waals surface area contributed by atoms with E-state index >= 15 is 0 Å². The Morgan fingerprint density at radius 2 is 2.19 bits per heavy atom. The quantitative estimate of drug-likeness (QED) is 0.879. The highest BCUT2D eigenvalue weighted by atomic mass is 32.1. The van der Waals surface area contributed by atoms with Gasteiger partial charge in [0.25, 0.3) is 0 Å². The van der Waals surface area contributed by atoms with E-state index in [4.69, 9.17) is 0 Å². The number of hydrogen-bond acceptors (Lipinski definition) is 5. The van der Waals surface area contributed by atoms with Gasteiger partial charge in [-0.3, -0.25) is 4.90 Å². The number of aromatic nitrogens is 2. The molecule has 0 aliphatic carbocycles. The standard InChI is InChI=1S/C11H20N4S/c1-8-4-5-9(2)15(6-8)7-10-13-14-11(12-3)16-10/h8-9H,4-7H2,1-3H3,(H,12,14). The molecule has 1 aromatic heterocycles. The third-order valence-electron chi connectivity index (χ3n) is 3.27. The first-order valence-corrected chi connectivity index (χ1v) is 6.75. The fraction of sp³-hybridized carbons (Fsp3) is 0.818. The van der Waals surface area contributed by atoms with Crippen LogP contribution >= 0.6 is 11.3 Å². The van der Waals surface area contributed by atoms with Gasteiger partial charge in [-0.2, -0.15) is 0 Å². The number of hydrogen-bond donors (Lipinski definition) is 1. The first-order valence-electron chi connectivity index (χ1n) is 5.93. The van der Waals surface area contributed by atoms with Crippen LogP contribution in [0.5, 0.6) is 0 Å². The molecule has 2 heterocycles. The topological polar surface area (TPSA) is 41.1 Å². The van der Waals surface area contributed by atoms with Crippen molar-refractivity contribution in [1.29, 1.82) is 0 Å². The maximum absolute atomic E-state index is 4.20. The van der Waals surface area contributed by atoms with Crippen molar-refractivity contribution in [2.75, 3.05) is 18.9 Å². The van der Waals surface area contributed by atoms with E-state index in [0.717, 1.165) is 22.6 Å². The van der Waals surface area contributed by atoms with Crippen molar-refractivity contribution in [3.8, 4) is 0 Å². The highest BCUT2D eigenvalue weighted by Gasteiger charge is 2.23. The molecule has 2 rings (SSSR count). The number of rotatable bonds is 3. The molecule has 0 aromatic carbocycles. The van der Waals surface area contributed by atoms with Gasteiger partial charge in [0.1, 0.15) is 5.01 Å². The molecule has 1 N–H and O–H groups in total. The van der Waals surface area contributed by atoms with Crippen molar-refractivity contribution >= 4 is 16.5 Å². The smallest absolute Gasteiger partial charge is 0.205 e. The van der Waals surface area contributed by atoms with Crippen LogP contribution in [0.4, 0.5) is 5.13 Å². The van der Waals surface area contributed by atoms with E-state index in [-0.39, 0.29) is 0 Å². The minimum absolute atomic E-state index is 0.679. The minimum atomic E-state index is 0.679. The lowest BCUT2D eigenvalue weighted by molar-refractivity contribution is 0.117. The average molecular weight is 240 g/mol. The van der Waals surface area contributed by atoms with Crippen molar-refractivity contribution in [3.63, 3.8) is 0 Å². The molecule has 90 valence electrons. The Labute approximate surface area is 101 Å². The first-order chi connectivity index (χ1) is 7.69. The molecule has 2 unspecified atom stereocenters. The molecule has 1 aromatic rings. The van der Waals surface area contributed by atoms with Crippen LogP contribution in [0.15, 0.2) is 0 Å². The van der Waals surface area contributed by atoms with E-state index in [1.807, 2.05) is 7.05 Å². The highest BCUT2D eigenvalue weighted by Crippen LogP contribution is 2.24. The summed E-state index contributed by atoms with van der Waals surface area (Å²) in [6.45, 7) is 6.78. The van der Waals surface area contributed by atoms with Crippen LogP contribution in [-0.2, 0) is 6.54 Å². The fourth-order valence-corrected chi connectivity index (χ4v) is 2.91. The van der Waals surface area contributed by atoms with Crippen molar-refractivity contribution in [2.24, 2.45) is 5.92 Å². The van der Waals surface area contributed by atoms with Gasteiger partial charge in [0.05, 0.1) is 6.54 Å². The van der Waals surface area contributed by atoms with Crippen LogP contribution in [0.2, 0.25) is 0 Å². The third kappa shape index (κ3) is 2.71. The van der Waals surface area contributed by atoms with E-state index < -0.39 is 0 Å². The summed E-state index contributed by atoms with van der Waals surface area (Å²) in [4.78, 5) is 2.52. The normalized spacial score (nSPS) is 26.9. The second-order valence-corrected chi connectivity index (χ2v) is 5.77. The molecule has 16 heavy (non-hydrogen) atoms. The van der Waals surface area contributed by atoms with Gasteiger partial charge in [-0.15, -0.1) is 10.2 Å². The summed E-state index contributed by atoms with van der Waals surface area (Å²) in [5, 5.41) is 13.3. The summed E-state index contributed by atoms with van der Waals surface area (Å²) in [6.07, 6.45) is 2.66. The Morgan fingerprint density at radius 1 is 1.38 bits per heavy atom. The molecular weight excluding hydrogens is 220 g/mol. The fourth-order valence-electron chi connectivity index (χ4n) is 2.19. The van der Waals surface area contributed by atoms with E-state index in [1.165, 1.54) is 19.4 Å². The number of nitrogens with one attached hydrogen (secondary N) is 1. The Bertz CT molecular complexity index is 338. The maximum atomic E-state index is 4.20. The number of anilines is 1. The highest BCUT2D eigenvalue weighted by molar-refractivity contribution is 7.15. The monoisotopic (exact) mass is 240 g/mol. The SMILES string of the molecule is CNc1nnc(CN2CC(C)CCC2C)s1. The lowest BCUT2D eigenvalue weighted by Crippen LogP contribution is -2.40. The summed E-state index contributed by atoms with van der Waals surface area (Å²) < 4.78 is 0. The van der Waals surface area contributed by atoms with Crippen LogP contribution in [-0.4, -0.2) is 34.7 Å². The van der Waals surface area contributed by atoms with Gasteiger partial charge in [0.15, 0.2) is 0 Å². The van der Waals surface area contributed by atoms with Gasteiger partial charge < -0.3 is 5.32 Å². The zero-order valence-corrected chi connectivity index (χ0v) is 11.0. The summed E-state index contributed by atoms with van der Waals surface area (Å²) >= 11 is 1.65. The molecule has 0 saturated carbocycles. The largest absolute Gasteiger partial charge is 0.363 e. The first kappa shape index (κ1) is 11.8. The molecule has 0 bridgehead atoms. The molecule has 0 radical (unpaired) electrons. The Balaban J connectivity index is 1.97. The van der Waals surface area contributed by atoms with Gasteiger partial charge >= 0.3 is 0 Å². The van der Waals surface area contributed by atoms with E-state index in [1.54, 1.807) is 11.3 Å². The molecule has 1 saturated heterocycles. The third-order valence-corrected chi connectivity index (χ3v) is 4.19. The summed E-state index contributed by atoms with van der Waals surface area (Å²) in [7, 11) is 1.88. The van der Waals surface area contributed by atoms with Gasteiger partial charge in [-0.1, -0.05) is 18.3 Å². The van der Waals surface area contributed by atoms with Gasteiger partial charge in [-0.05, 0) is 25.7 Å². The van der Waals surface area contributed by atoms with Crippen LogP contribution < -0.4 is 5.32 Å². The molecular formula is C11H20N4S. The molecule has 4 nitrogen and oxygen atoms in total. The lowest BCUT2D eigenvalue weighted by Gasteiger charge is -2.35. The second kappa shape index (κ2) is 5.10. The van der Waals surface area contributed by atoms with E-state index in [9.17, 15) is 0 Å². The van der Waals surface area contributed by atoms with Gasteiger partial charge in [-0.25, -0.2) is 0 Å². The predicted molar refractivity (Wildman–Crippen MR) is 67.7 cm³/mol. The van der Waals surface area contributed by atoms with Crippen LogP contribution in [0.1, 0.15) is 31.7 Å². The molecule has 0 spiro atoms. The van der Waals surface area contributed by atoms with Crippen molar-refractivity contribution in [2.45, 2.75) is 39.3 Å². The van der Waals surface area contributed by atoms with Gasteiger partial charge in [0, 0.05) is 19.6 Å². The minimum Gasteiger partial charge on any atom is -0.363 e. The second-order valence-electron chi connectivity index (χ2n) is 4.71. The van der Waals surface area contributed by atoms with E-state index in [0.29, 0.717) is 6.04 Å². The molecule has 0 amide bonds. The predicted octanol–water partition coefficient (Wildman–Crippen LogP) is 2.20. The zero-order valence-electron chi connectivity index (χ0n) is 10.2. The maximum Gasteiger partial charge on any atom is 0.205 e. The lowest BCUT2D eigenvalue weighted by atomic mass is 9.95. The zero-order chi connectivity index (χ0) is 11.5. The van der Waals surface area contributed by atoms with Crippen molar-refractivity contribution in [1.82, 2.24) is 15.1 Å². The number of nitrogens with zero attached hydrogens (tertiary/aromatic N) is 3. The Hall–Kier alpha value is -0.680. The van der Waals surface area contributed by atoms with Crippen molar-refractivity contribution < 1.29 is 0 Å². The summed E-state index contributed by atoms with van der Waals surface area (Å²) in [6, 6.07) is 0.679. The Morgan fingerprint density at radius 3 is 2.88 bits per heavy atom. The summed E-state index contributed by atoms with van der Waals surface area (Å²) in [5.41, 5.74) is 0. The van der Waals surface area contributed by atoms with Crippen molar-refractivity contribution in [3.05, 3.63) is 5.01 Å². The molecule has 2 atom stereocenters. The number of piperidine rings is 1. The average Bonchev–Trinajstić information content (AvgIpc) is 2.71. The number of likely N-dealkylation sites (tertiary alicyclic amines) is 1. The van der Waals surface area contributed by atoms with Crippen LogP contribution in [0.25, 0.3) is 0 Å².